The van der Waals surface area contributed by atoms with E-state index in [0.717, 1.165) is 18.4 Å². The van der Waals surface area contributed by atoms with Crippen LogP contribution in [0, 0.1) is 0 Å². The zero-order valence-corrected chi connectivity index (χ0v) is 14.1. The predicted molar refractivity (Wildman–Crippen MR) is 96.2 cm³/mol. The van der Waals surface area contributed by atoms with Crippen molar-refractivity contribution in [3.05, 3.63) is 59.7 Å². The number of unbranched alkanes of at least 4 members (excludes halogenated alkanes) is 4. The summed E-state index contributed by atoms with van der Waals surface area (Å²) >= 11 is 0. The van der Waals surface area contributed by atoms with Gasteiger partial charge in [-0.1, -0.05) is 68.1 Å². The quantitative estimate of drug-likeness (QED) is 0.296. The minimum atomic E-state index is 0.0372. The van der Waals surface area contributed by atoms with Crippen LogP contribution in [0.25, 0.3) is 0 Å². The number of nitrogens with zero attached hydrogens (tertiary/aromatic N) is 1. The Morgan fingerprint density at radius 2 is 1.75 bits per heavy atom. The average Bonchev–Trinajstić information content (AvgIpc) is 2.61. The number of oxime groups is 1. The highest BCUT2D eigenvalue weighted by molar-refractivity contribution is 6.14. The van der Waals surface area contributed by atoms with E-state index >= 15 is 0 Å². The SMILES string of the molecule is CCCCCCCOc1ccc(/C(=N\O)c2ccccc2)c(O)c1. The van der Waals surface area contributed by atoms with Gasteiger partial charge < -0.3 is 15.1 Å². The Bertz CT molecular complexity index is 653. The summed E-state index contributed by atoms with van der Waals surface area (Å²) < 4.78 is 5.68. The minimum Gasteiger partial charge on any atom is -0.507 e. The van der Waals surface area contributed by atoms with E-state index in [1.54, 1.807) is 18.2 Å². The Kier molecular flexibility index (Phi) is 7.15. The Hall–Kier alpha value is -2.49. The number of aromatic hydroxyl groups is 1. The van der Waals surface area contributed by atoms with Crippen molar-refractivity contribution < 1.29 is 15.1 Å². The molecule has 0 aromatic heterocycles. The molecule has 2 aromatic rings. The third-order valence-corrected chi connectivity index (χ3v) is 3.89. The van der Waals surface area contributed by atoms with Crippen molar-refractivity contribution in [2.45, 2.75) is 39.0 Å². The third-order valence-electron chi connectivity index (χ3n) is 3.89. The maximum absolute atomic E-state index is 10.3. The first-order valence-corrected chi connectivity index (χ1v) is 8.50. The van der Waals surface area contributed by atoms with Gasteiger partial charge in [0.2, 0.25) is 0 Å². The zero-order chi connectivity index (χ0) is 17.2. The van der Waals surface area contributed by atoms with Crippen LogP contribution in [0.4, 0.5) is 0 Å². The summed E-state index contributed by atoms with van der Waals surface area (Å²) in [6.07, 6.45) is 5.89. The molecule has 0 atom stereocenters. The van der Waals surface area contributed by atoms with Crippen LogP contribution < -0.4 is 4.74 Å². The van der Waals surface area contributed by atoms with Crippen molar-refractivity contribution in [2.24, 2.45) is 5.16 Å². The van der Waals surface area contributed by atoms with Crippen LogP contribution in [0.2, 0.25) is 0 Å². The summed E-state index contributed by atoms with van der Waals surface area (Å²) in [5, 5.41) is 22.9. The van der Waals surface area contributed by atoms with Crippen LogP contribution >= 0.6 is 0 Å². The maximum atomic E-state index is 10.3. The molecule has 0 fully saturated rings. The molecule has 0 unspecified atom stereocenters. The molecule has 4 heteroatoms. The lowest BCUT2D eigenvalue weighted by molar-refractivity contribution is 0.302. The second-order valence-electron chi connectivity index (χ2n) is 5.76. The largest absolute Gasteiger partial charge is 0.507 e. The van der Waals surface area contributed by atoms with Crippen LogP contribution in [0.1, 0.15) is 50.2 Å². The highest BCUT2D eigenvalue weighted by atomic mass is 16.5. The molecule has 0 amide bonds. The molecule has 0 aliphatic carbocycles. The van der Waals surface area contributed by atoms with E-state index in [2.05, 4.69) is 12.1 Å². The van der Waals surface area contributed by atoms with Gasteiger partial charge >= 0.3 is 0 Å². The van der Waals surface area contributed by atoms with Crippen molar-refractivity contribution >= 4 is 5.71 Å². The monoisotopic (exact) mass is 327 g/mol. The molecule has 0 aliphatic heterocycles. The van der Waals surface area contributed by atoms with Gasteiger partial charge in [0.05, 0.1) is 6.61 Å². The van der Waals surface area contributed by atoms with Gasteiger partial charge in [0, 0.05) is 17.2 Å². The first kappa shape index (κ1) is 17.9. The number of benzene rings is 2. The van der Waals surface area contributed by atoms with Crippen molar-refractivity contribution in [3.8, 4) is 11.5 Å². The molecule has 0 saturated heterocycles. The predicted octanol–water partition coefficient (Wildman–Crippen LogP) is 4.97. The van der Waals surface area contributed by atoms with Gasteiger partial charge in [0.1, 0.15) is 17.2 Å². The second-order valence-corrected chi connectivity index (χ2v) is 5.76. The molecule has 0 spiro atoms. The van der Waals surface area contributed by atoms with Crippen molar-refractivity contribution in [1.29, 1.82) is 0 Å². The first-order valence-electron chi connectivity index (χ1n) is 8.50. The summed E-state index contributed by atoms with van der Waals surface area (Å²) in [5.74, 6) is 0.659. The molecular weight excluding hydrogens is 302 g/mol. The maximum Gasteiger partial charge on any atom is 0.128 e. The summed E-state index contributed by atoms with van der Waals surface area (Å²) in [6, 6.07) is 14.3. The molecule has 4 nitrogen and oxygen atoms in total. The molecule has 0 heterocycles. The molecule has 2 rings (SSSR count). The fourth-order valence-electron chi connectivity index (χ4n) is 2.56. The molecule has 0 aliphatic rings. The number of rotatable bonds is 9. The molecule has 2 N–H and O–H groups in total. The van der Waals surface area contributed by atoms with Gasteiger partial charge in [-0.15, -0.1) is 0 Å². The molecule has 0 saturated carbocycles. The van der Waals surface area contributed by atoms with Crippen LogP contribution in [0.15, 0.2) is 53.7 Å². The van der Waals surface area contributed by atoms with E-state index < -0.39 is 0 Å². The lowest BCUT2D eigenvalue weighted by atomic mass is 10.0. The normalized spacial score (nSPS) is 11.5. The lowest BCUT2D eigenvalue weighted by Gasteiger charge is -2.10. The first-order chi connectivity index (χ1) is 11.8. The fraction of sp³-hybridized carbons (Fsp3) is 0.350. The Morgan fingerprint density at radius 1 is 1.00 bits per heavy atom. The highest BCUT2D eigenvalue weighted by Gasteiger charge is 2.13. The van der Waals surface area contributed by atoms with Gasteiger partial charge in [-0.05, 0) is 18.6 Å². The van der Waals surface area contributed by atoms with Crippen LogP contribution in [0.5, 0.6) is 11.5 Å². The number of phenols is 1. The molecule has 128 valence electrons. The molecule has 24 heavy (non-hydrogen) atoms. The molecular formula is C20H25NO3. The Balaban J connectivity index is 1.99. The Labute approximate surface area is 143 Å². The molecule has 2 aromatic carbocycles. The van der Waals surface area contributed by atoms with E-state index in [4.69, 9.17) is 4.74 Å². The Morgan fingerprint density at radius 3 is 2.42 bits per heavy atom. The molecule has 0 radical (unpaired) electrons. The van der Waals surface area contributed by atoms with Gasteiger partial charge in [-0.3, -0.25) is 0 Å². The fourth-order valence-corrected chi connectivity index (χ4v) is 2.56. The number of phenolic OH excluding ortho intramolecular Hbond substituents is 1. The minimum absolute atomic E-state index is 0.0372. The van der Waals surface area contributed by atoms with E-state index in [1.165, 1.54) is 19.3 Å². The van der Waals surface area contributed by atoms with Crippen LogP contribution in [-0.2, 0) is 0 Å². The zero-order valence-electron chi connectivity index (χ0n) is 14.1. The van der Waals surface area contributed by atoms with Crippen molar-refractivity contribution in [1.82, 2.24) is 0 Å². The van der Waals surface area contributed by atoms with Crippen LogP contribution in [0.3, 0.4) is 0 Å². The topological polar surface area (TPSA) is 62.0 Å². The lowest BCUT2D eigenvalue weighted by Crippen LogP contribution is -2.04. The number of hydrogen-bond acceptors (Lipinski definition) is 4. The van der Waals surface area contributed by atoms with Gasteiger partial charge in [-0.25, -0.2) is 0 Å². The van der Waals surface area contributed by atoms with E-state index in [9.17, 15) is 10.3 Å². The molecule has 0 bridgehead atoms. The van der Waals surface area contributed by atoms with Gasteiger partial charge in [-0.2, -0.15) is 0 Å². The second kappa shape index (κ2) is 9.60. The van der Waals surface area contributed by atoms with E-state index in [-0.39, 0.29) is 5.75 Å². The summed E-state index contributed by atoms with van der Waals surface area (Å²) in [6.45, 7) is 2.84. The summed E-state index contributed by atoms with van der Waals surface area (Å²) in [5.41, 5.74) is 1.54. The van der Waals surface area contributed by atoms with Crippen molar-refractivity contribution in [2.75, 3.05) is 6.61 Å². The highest BCUT2D eigenvalue weighted by Crippen LogP contribution is 2.26. The van der Waals surface area contributed by atoms with E-state index in [1.807, 2.05) is 30.3 Å². The third kappa shape index (κ3) is 5.01. The summed E-state index contributed by atoms with van der Waals surface area (Å²) in [7, 11) is 0. The van der Waals surface area contributed by atoms with Crippen molar-refractivity contribution in [3.63, 3.8) is 0 Å². The summed E-state index contributed by atoms with van der Waals surface area (Å²) in [4.78, 5) is 0. The smallest absolute Gasteiger partial charge is 0.128 e. The van der Waals surface area contributed by atoms with Gasteiger partial charge in [0.15, 0.2) is 0 Å². The van der Waals surface area contributed by atoms with E-state index in [0.29, 0.717) is 23.6 Å². The van der Waals surface area contributed by atoms with Gasteiger partial charge in [0.25, 0.3) is 0 Å². The average molecular weight is 327 g/mol. The standard InChI is InChI=1S/C20H25NO3/c1-2-3-4-5-9-14-24-17-12-13-18(19(22)15-17)20(21-23)16-10-7-6-8-11-16/h6-8,10-13,15,22-23H,2-5,9,14H2,1H3/b21-20-. The number of hydrogen-bond donors (Lipinski definition) is 2. The number of ether oxygens (including phenoxy) is 1. The van der Waals surface area contributed by atoms with Crippen LogP contribution in [-0.4, -0.2) is 22.6 Å².